The number of hydrogen-bond acceptors (Lipinski definition) is 3. The summed E-state index contributed by atoms with van der Waals surface area (Å²) in [4.78, 5) is 0. The Morgan fingerprint density at radius 2 is 2.19 bits per heavy atom. The van der Waals surface area contributed by atoms with Gasteiger partial charge in [-0.15, -0.1) is 0 Å². The summed E-state index contributed by atoms with van der Waals surface area (Å²) in [7, 11) is 3.54. The molecule has 0 aromatic heterocycles. The van der Waals surface area contributed by atoms with Crippen molar-refractivity contribution in [3.05, 3.63) is 28.8 Å². The van der Waals surface area contributed by atoms with E-state index >= 15 is 0 Å². The number of benzene rings is 1. The van der Waals surface area contributed by atoms with E-state index in [9.17, 15) is 0 Å². The molecule has 1 rings (SSSR count). The molecule has 0 bridgehead atoms. The van der Waals surface area contributed by atoms with Crippen LogP contribution in [0, 0.1) is 5.92 Å². The normalized spacial score (nSPS) is 14.6. The third kappa shape index (κ3) is 2.88. The Kier molecular flexibility index (Phi) is 5.06. The van der Waals surface area contributed by atoms with Crippen LogP contribution in [0.2, 0.25) is 5.02 Å². The molecule has 0 saturated heterocycles. The Hall–Kier alpha value is -0.770. The maximum absolute atomic E-state index is 6.22. The third-order valence-corrected chi connectivity index (χ3v) is 3.12. The zero-order chi connectivity index (χ0) is 12.1. The SMILES string of the molecule is CNC(c1ccc(OC)cc1Cl)C(C)CN. The molecule has 0 aliphatic carbocycles. The standard InChI is InChI=1S/C12H19ClN2O/c1-8(7-14)12(15-2)10-5-4-9(16-3)6-11(10)13/h4-6,8,12,15H,7,14H2,1-3H3. The van der Waals surface area contributed by atoms with Crippen molar-refractivity contribution in [1.82, 2.24) is 5.32 Å². The quantitative estimate of drug-likeness (QED) is 0.832. The Morgan fingerprint density at radius 3 is 2.62 bits per heavy atom. The molecule has 1 aromatic rings. The van der Waals surface area contributed by atoms with E-state index in [1.807, 2.05) is 25.2 Å². The second kappa shape index (κ2) is 6.09. The molecular formula is C12H19ClN2O. The van der Waals surface area contributed by atoms with Gasteiger partial charge in [0, 0.05) is 11.1 Å². The van der Waals surface area contributed by atoms with Gasteiger partial charge < -0.3 is 15.8 Å². The average molecular weight is 243 g/mol. The van der Waals surface area contributed by atoms with Crippen molar-refractivity contribution in [3.63, 3.8) is 0 Å². The largest absolute Gasteiger partial charge is 0.497 e. The van der Waals surface area contributed by atoms with Gasteiger partial charge in [-0.2, -0.15) is 0 Å². The zero-order valence-corrected chi connectivity index (χ0v) is 10.7. The first-order valence-electron chi connectivity index (χ1n) is 5.34. The number of hydrogen-bond donors (Lipinski definition) is 2. The van der Waals surface area contributed by atoms with Crippen molar-refractivity contribution < 1.29 is 4.74 Å². The average Bonchev–Trinajstić information content (AvgIpc) is 2.31. The van der Waals surface area contributed by atoms with E-state index in [4.69, 9.17) is 22.1 Å². The molecule has 0 saturated carbocycles. The minimum absolute atomic E-state index is 0.170. The summed E-state index contributed by atoms with van der Waals surface area (Å²) in [6, 6.07) is 5.89. The molecule has 0 amide bonds. The summed E-state index contributed by atoms with van der Waals surface area (Å²) in [5.41, 5.74) is 6.74. The second-order valence-electron chi connectivity index (χ2n) is 3.87. The number of ether oxygens (including phenoxy) is 1. The summed E-state index contributed by atoms with van der Waals surface area (Å²) in [5.74, 6) is 1.10. The highest BCUT2D eigenvalue weighted by atomic mass is 35.5. The Morgan fingerprint density at radius 1 is 1.50 bits per heavy atom. The highest BCUT2D eigenvalue weighted by Crippen LogP contribution is 2.30. The number of halogens is 1. The van der Waals surface area contributed by atoms with Gasteiger partial charge in [0.05, 0.1) is 7.11 Å². The number of nitrogens with two attached hydrogens (primary N) is 1. The van der Waals surface area contributed by atoms with Crippen molar-refractivity contribution in [1.29, 1.82) is 0 Å². The molecule has 0 aliphatic rings. The molecule has 90 valence electrons. The molecule has 3 N–H and O–H groups in total. The molecule has 16 heavy (non-hydrogen) atoms. The van der Waals surface area contributed by atoms with Crippen LogP contribution in [0.4, 0.5) is 0 Å². The number of nitrogens with one attached hydrogen (secondary N) is 1. The van der Waals surface area contributed by atoms with Crippen molar-refractivity contribution in [2.75, 3.05) is 20.7 Å². The van der Waals surface area contributed by atoms with Gasteiger partial charge in [-0.05, 0) is 37.2 Å². The van der Waals surface area contributed by atoms with E-state index < -0.39 is 0 Å². The topological polar surface area (TPSA) is 47.3 Å². The first kappa shape index (κ1) is 13.3. The summed E-state index contributed by atoms with van der Waals surface area (Å²) >= 11 is 6.22. The molecule has 2 unspecified atom stereocenters. The van der Waals surface area contributed by atoms with Gasteiger partial charge in [-0.25, -0.2) is 0 Å². The lowest BCUT2D eigenvalue weighted by Gasteiger charge is -2.24. The first-order chi connectivity index (χ1) is 7.63. The van der Waals surface area contributed by atoms with Gasteiger partial charge in [0.25, 0.3) is 0 Å². The monoisotopic (exact) mass is 242 g/mol. The predicted molar refractivity (Wildman–Crippen MR) is 68.0 cm³/mol. The number of rotatable bonds is 5. The molecule has 2 atom stereocenters. The lowest BCUT2D eigenvalue weighted by molar-refractivity contribution is 0.409. The molecule has 0 fully saturated rings. The molecule has 0 aliphatic heterocycles. The van der Waals surface area contributed by atoms with Crippen LogP contribution in [0.25, 0.3) is 0 Å². The smallest absolute Gasteiger partial charge is 0.120 e. The minimum Gasteiger partial charge on any atom is -0.497 e. The van der Waals surface area contributed by atoms with E-state index in [0.29, 0.717) is 17.5 Å². The van der Waals surface area contributed by atoms with E-state index in [0.717, 1.165) is 11.3 Å². The van der Waals surface area contributed by atoms with Crippen LogP contribution < -0.4 is 15.8 Å². The van der Waals surface area contributed by atoms with E-state index in [1.165, 1.54) is 0 Å². The van der Waals surface area contributed by atoms with Crippen LogP contribution in [0.15, 0.2) is 18.2 Å². The van der Waals surface area contributed by atoms with E-state index in [1.54, 1.807) is 7.11 Å². The van der Waals surface area contributed by atoms with Crippen LogP contribution in [0.5, 0.6) is 5.75 Å². The Balaban J connectivity index is 3.01. The van der Waals surface area contributed by atoms with Gasteiger partial charge in [-0.1, -0.05) is 24.6 Å². The molecule has 0 spiro atoms. The highest BCUT2D eigenvalue weighted by Gasteiger charge is 2.18. The summed E-state index contributed by atoms with van der Waals surface area (Å²) in [5, 5.41) is 3.95. The van der Waals surface area contributed by atoms with Crippen molar-refractivity contribution >= 4 is 11.6 Å². The summed E-state index contributed by atoms with van der Waals surface area (Å²) in [6.07, 6.45) is 0. The third-order valence-electron chi connectivity index (χ3n) is 2.79. The lowest BCUT2D eigenvalue weighted by atomic mass is 9.94. The minimum atomic E-state index is 0.170. The fraction of sp³-hybridized carbons (Fsp3) is 0.500. The molecular weight excluding hydrogens is 224 g/mol. The van der Waals surface area contributed by atoms with Gasteiger partial charge in [-0.3, -0.25) is 0 Å². The summed E-state index contributed by atoms with van der Waals surface area (Å²) in [6.45, 7) is 2.72. The van der Waals surface area contributed by atoms with Crippen molar-refractivity contribution in [3.8, 4) is 5.75 Å². The predicted octanol–water partition coefficient (Wildman–Crippen LogP) is 2.20. The van der Waals surface area contributed by atoms with Crippen molar-refractivity contribution in [2.45, 2.75) is 13.0 Å². The van der Waals surface area contributed by atoms with Crippen LogP contribution in [0.3, 0.4) is 0 Å². The van der Waals surface area contributed by atoms with Crippen LogP contribution >= 0.6 is 11.6 Å². The van der Waals surface area contributed by atoms with Gasteiger partial charge >= 0.3 is 0 Å². The van der Waals surface area contributed by atoms with E-state index in [2.05, 4.69) is 12.2 Å². The van der Waals surface area contributed by atoms with Crippen LogP contribution in [0.1, 0.15) is 18.5 Å². The van der Waals surface area contributed by atoms with Crippen molar-refractivity contribution in [2.24, 2.45) is 11.7 Å². The molecule has 0 radical (unpaired) electrons. The molecule has 0 heterocycles. The van der Waals surface area contributed by atoms with Gasteiger partial charge in [0.1, 0.15) is 5.75 Å². The fourth-order valence-electron chi connectivity index (χ4n) is 1.77. The Bertz CT molecular complexity index is 344. The second-order valence-corrected chi connectivity index (χ2v) is 4.27. The zero-order valence-electron chi connectivity index (χ0n) is 9.96. The van der Waals surface area contributed by atoms with Gasteiger partial charge in [0.15, 0.2) is 0 Å². The maximum Gasteiger partial charge on any atom is 0.120 e. The highest BCUT2D eigenvalue weighted by molar-refractivity contribution is 6.31. The first-order valence-corrected chi connectivity index (χ1v) is 5.72. The maximum atomic E-state index is 6.22. The van der Waals surface area contributed by atoms with Crippen LogP contribution in [-0.2, 0) is 0 Å². The summed E-state index contributed by atoms with van der Waals surface area (Å²) < 4.78 is 5.12. The van der Waals surface area contributed by atoms with Crippen LogP contribution in [-0.4, -0.2) is 20.7 Å². The Labute approximate surface area is 102 Å². The van der Waals surface area contributed by atoms with E-state index in [-0.39, 0.29) is 6.04 Å². The molecule has 4 heteroatoms. The fourth-order valence-corrected chi connectivity index (χ4v) is 2.06. The molecule has 1 aromatic carbocycles. The van der Waals surface area contributed by atoms with Gasteiger partial charge in [0.2, 0.25) is 0 Å². The molecule has 3 nitrogen and oxygen atoms in total. The lowest BCUT2D eigenvalue weighted by Crippen LogP contribution is -2.28. The number of methoxy groups -OCH3 is 1.